The van der Waals surface area contributed by atoms with Crippen molar-refractivity contribution in [1.82, 2.24) is 9.97 Å². The number of rotatable bonds is 5. The van der Waals surface area contributed by atoms with E-state index in [1.54, 1.807) is 30.1 Å². The van der Waals surface area contributed by atoms with E-state index >= 15 is 0 Å². The number of nitrogens with two attached hydrogens (primary N) is 1. The smallest absolute Gasteiger partial charge is 0.329 e. The van der Waals surface area contributed by atoms with Gasteiger partial charge < -0.3 is 15.5 Å². The molecule has 1 atom stereocenters. The Balaban J connectivity index is 1.65. The van der Waals surface area contributed by atoms with Crippen molar-refractivity contribution in [2.24, 2.45) is 5.73 Å². The average Bonchev–Trinajstić information content (AvgIpc) is 3.03. The van der Waals surface area contributed by atoms with E-state index in [1.165, 1.54) is 0 Å². The van der Waals surface area contributed by atoms with Crippen molar-refractivity contribution in [3.8, 4) is 17.0 Å². The third-order valence-corrected chi connectivity index (χ3v) is 5.17. The number of H-pyrrole nitrogens is 1. The van der Waals surface area contributed by atoms with Crippen LogP contribution < -0.4 is 10.5 Å². The molecule has 5 nitrogen and oxygen atoms in total. The molecular weight excluding hydrogens is 346 g/mol. The minimum absolute atomic E-state index is 0.0635. The maximum atomic E-state index is 12.1. The number of aromatic nitrogens is 2. The zero-order valence-electron chi connectivity index (χ0n) is 15.2. The highest BCUT2D eigenvalue weighted by molar-refractivity contribution is 8.00. The number of esters is 1. The summed E-state index contributed by atoms with van der Waals surface area (Å²) in [4.78, 5) is 19.7. The minimum Gasteiger partial charge on any atom is -0.425 e. The molecule has 26 heavy (non-hydrogen) atoms. The Morgan fingerprint density at radius 1 is 1.27 bits per heavy atom. The molecule has 2 heterocycles. The Morgan fingerprint density at radius 2 is 2.00 bits per heavy atom. The molecule has 0 saturated heterocycles. The molecular formula is C20H23N3O2S. The standard InChI is InChI=1S/C20H23N3O2S/c1-20(2,3)26-12-16(21)19(24)25-15-8-6-13(7-9-15)17-11-14-5-4-10-22-18(14)23-17/h4-11,16H,12,21H2,1-3H3,(H,22,23)/t16-/m0/s1. The van der Waals surface area contributed by atoms with Crippen molar-refractivity contribution >= 4 is 28.8 Å². The Bertz CT molecular complexity index is 864. The van der Waals surface area contributed by atoms with E-state index in [9.17, 15) is 4.79 Å². The molecule has 0 fully saturated rings. The number of aromatic amines is 1. The first-order valence-electron chi connectivity index (χ1n) is 8.47. The van der Waals surface area contributed by atoms with E-state index in [1.807, 2.05) is 30.3 Å². The van der Waals surface area contributed by atoms with Crippen molar-refractivity contribution in [1.29, 1.82) is 0 Å². The van der Waals surface area contributed by atoms with Gasteiger partial charge in [-0.25, -0.2) is 9.78 Å². The van der Waals surface area contributed by atoms with Crippen LogP contribution in [-0.2, 0) is 4.79 Å². The first-order chi connectivity index (χ1) is 12.3. The van der Waals surface area contributed by atoms with Gasteiger partial charge >= 0.3 is 5.97 Å². The van der Waals surface area contributed by atoms with E-state index in [4.69, 9.17) is 10.5 Å². The van der Waals surface area contributed by atoms with Crippen LogP contribution in [0.2, 0.25) is 0 Å². The molecule has 3 aromatic rings. The van der Waals surface area contributed by atoms with Crippen molar-refractivity contribution < 1.29 is 9.53 Å². The second-order valence-corrected chi connectivity index (χ2v) is 8.95. The van der Waals surface area contributed by atoms with E-state index in [-0.39, 0.29) is 4.75 Å². The number of carbonyl (C=O) groups is 1. The largest absolute Gasteiger partial charge is 0.425 e. The fourth-order valence-corrected chi connectivity index (χ4v) is 3.23. The van der Waals surface area contributed by atoms with Gasteiger partial charge in [-0.05, 0) is 48.0 Å². The molecule has 136 valence electrons. The van der Waals surface area contributed by atoms with Gasteiger partial charge in [0, 0.05) is 27.8 Å². The molecule has 1 aromatic carbocycles. The highest BCUT2D eigenvalue weighted by Gasteiger charge is 2.20. The third-order valence-electron chi connectivity index (χ3n) is 3.77. The Hall–Kier alpha value is -2.31. The number of fused-ring (bicyclic) bond motifs is 1. The molecule has 3 N–H and O–H groups in total. The first-order valence-corrected chi connectivity index (χ1v) is 9.46. The van der Waals surface area contributed by atoms with Gasteiger partial charge in [-0.15, -0.1) is 0 Å². The fraction of sp³-hybridized carbons (Fsp3) is 0.300. The van der Waals surface area contributed by atoms with E-state index < -0.39 is 12.0 Å². The maximum absolute atomic E-state index is 12.1. The van der Waals surface area contributed by atoms with Gasteiger partial charge in [0.15, 0.2) is 0 Å². The molecule has 0 aliphatic rings. The highest BCUT2D eigenvalue weighted by atomic mass is 32.2. The second-order valence-electron chi connectivity index (χ2n) is 7.10. The van der Waals surface area contributed by atoms with Crippen LogP contribution in [-0.4, -0.2) is 32.5 Å². The molecule has 0 amide bonds. The van der Waals surface area contributed by atoms with Crippen LogP contribution >= 0.6 is 11.8 Å². The SMILES string of the molecule is CC(C)(C)SC[C@H](N)C(=O)Oc1ccc(-c2cc3cccnc3[nH]2)cc1. The van der Waals surface area contributed by atoms with Crippen LogP contribution in [0.4, 0.5) is 0 Å². The summed E-state index contributed by atoms with van der Waals surface area (Å²) in [5.74, 6) is 0.608. The summed E-state index contributed by atoms with van der Waals surface area (Å²) in [6, 6.07) is 12.7. The van der Waals surface area contributed by atoms with Crippen molar-refractivity contribution in [2.45, 2.75) is 31.6 Å². The van der Waals surface area contributed by atoms with Gasteiger partial charge in [0.25, 0.3) is 0 Å². The van der Waals surface area contributed by atoms with Gasteiger partial charge in [0.2, 0.25) is 0 Å². The van der Waals surface area contributed by atoms with E-state index in [0.29, 0.717) is 11.5 Å². The second kappa shape index (κ2) is 7.51. The summed E-state index contributed by atoms with van der Waals surface area (Å²) in [6.45, 7) is 6.27. The summed E-state index contributed by atoms with van der Waals surface area (Å²) >= 11 is 1.65. The van der Waals surface area contributed by atoms with Gasteiger partial charge in [0.1, 0.15) is 17.4 Å². The fourth-order valence-electron chi connectivity index (χ4n) is 2.42. The predicted molar refractivity (Wildman–Crippen MR) is 107 cm³/mol. The summed E-state index contributed by atoms with van der Waals surface area (Å²) in [5.41, 5.74) is 8.74. The number of nitrogens with one attached hydrogen (secondary N) is 1. The quantitative estimate of drug-likeness (QED) is 0.525. The number of hydrogen-bond donors (Lipinski definition) is 2. The Kier molecular flexibility index (Phi) is 5.34. The van der Waals surface area contributed by atoms with Crippen LogP contribution in [0.3, 0.4) is 0 Å². The molecule has 0 saturated carbocycles. The summed E-state index contributed by atoms with van der Waals surface area (Å²) in [5, 5.41) is 1.06. The van der Waals surface area contributed by atoms with Gasteiger partial charge in [-0.3, -0.25) is 0 Å². The van der Waals surface area contributed by atoms with E-state index in [0.717, 1.165) is 22.3 Å². The molecule has 2 aromatic heterocycles. The molecule has 0 bridgehead atoms. The number of nitrogens with zero attached hydrogens (tertiary/aromatic N) is 1. The van der Waals surface area contributed by atoms with Gasteiger partial charge in [-0.1, -0.05) is 20.8 Å². The topological polar surface area (TPSA) is 81.0 Å². The van der Waals surface area contributed by atoms with Crippen LogP contribution in [0.15, 0.2) is 48.7 Å². The Labute approximate surface area is 157 Å². The number of ether oxygens (including phenoxy) is 1. The lowest BCUT2D eigenvalue weighted by molar-refractivity contribution is -0.135. The maximum Gasteiger partial charge on any atom is 0.329 e. The van der Waals surface area contributed by atoms with Crippen LogP contribution in [0.5, 0.6) is 5.75 Å². The molecule has 3 rings (SSSR count). The third kappa shape index (κ3) is 4.65. The summed E-state index contributed by atoms with van der Waals surface area (Å²) < 4.78 is 5.45. The molecule has 0 radical (unpaired) electrons. The zero-order chi connectivity index (χ0) is 18.7. The molecule has 0 spiro atoms. The lowest BCUT2D eigenvalue weighted by Crippen LogP contribution is -2.37. The molecule has 6 heteroatoms. The van der Waals surface area contributed by atoms with E-state index in [2.05, 4.69) is 30.7 Å². The van der Waals surface area contributed by atoms with Crippen molar-refractivity contribution in [3.63, 3.8) is 0 Å². The predicted octanol–water partition coefficient (Wildman–Crippen LogP) is 3.99. The summed E-state index contributed by atoms with van der Waals surface area (Å²) in [7, 11) is 0. The summed E-state index contributed by atoms with van der Waals surface area (Å²) in [6.07, 6.45) is 1.76. The molecule has 0 aliphatic carbocycles. The van der Waals surface area contributed by atoms with Crippen molar-refractivity contribution in [3.05, 3.63) is 48.7 Å². The Morgan fingerprint density at radius 3 is 2.65 bits per heavy atom. The lowest BCUT2D eigenvalue weighted by atomic mass is 10.1. The lowest BCUT2D eigenvalue weighted by Gasteiger charge is -2.19. The normalized spacial score (nSPS) is 12.9. The zero-order valence-corrected chi connectivity index (χ0v) is 16.0. The van der Waals surface area contributed by atoms with Crippen LogP contribution in [0.25, 0.3) is 22.3 Å². The number of hydrogen-bond acceptors (Lipinski definition) is 5. The highest BCUT2D eigenvalue weighted by Crippen LogP contribution is 2.26. The van der Waals surface area contributed by atoms with Crippen LogP contribution in [0, 0.1) is 0 Å². The molecule has 0 aliphatic heterocycles. The average molecular weight is 369 g/mol. The number of carbonyl (C=O) groups excluding carboxylic acids is 1. The van der Waals surface area contributed by atoms with Crippen molar-refractivity contribution in [2.75, 3.05) is 5.75 Å². The first kappa shape index (κ1) is 18.5. The molecule has 0 unspecified atom stereocenters. The monoisotopic (exact) mass is 369 g/mol. The number of benzene rings is 1. The minimum atomic E-state index is -0.640. The number of pyridine rings is 1. The van der Waals surface area contributed by atoms with Crippen LogP contribution in [0.1, 0.15) is 20.8 Å². The van der Waals surface area contributed by atoms with Gasteiger partial charge in [-0.2, -0.15) is 11.8 Å². The number of thioether (sulfide) groups is 1. The van der Waals surface area contributed by atoms with Gasteiger partial charge in [0.05, 0.1) is 0 Å².